The largest absolute Gasteiger partial charge is 0.228 e. The SMILES string of the molecule is O=S1(=O)CCN(S(=O)(=O)Cc2cc(F)ccc2F)CCC1c1ccccc1Cl. The van der Waals surface area contributed by atoms with Crippen LogP contribution in [0.25, 0.3) is 0 Å². The van der Waals surface area contributed by atoms with Gasteiger partial charge in [-0.15, -0.1) is 0 Å². The molecule has 3 rings (SSSR count). The van der Waals surface area contributed by atoms with Crippen LogP contribution >= 0.6 is 11.6 Å². The lowest BCUT2D eigenvalue weighted by molar-refractivity contribution is 0.426. The molecule has 0 spiro atoms. The van der Waals surface area contributed by atoms with Crippen molar-refractivity contribution >= 4 is 31.5 Å². The van der Waals surface area contributed by atoms with Crippen LogP contribution in [0.5, 0.6) is 0 Å². The lowest BCUT2D eigenvalue weighted by Crippen LogP contribution is -2.34. The average molecular weight is 450 g/mol. The van der Waals surface area contributed by atoms with E-state index in [1.54, 1.807) is 24.3 Å². The van der Waals surface area contributed by atoms with Crippen molar-refractivity contribution in [2.24, 2.45) is 0 Å². The molecular weight excluding hydrogens is 432 g/mol. The number of halogens is 3. The fourth-order valence-corrected chi connectivity index (χ4v) is 7.04. The Morgan fingerprint density at radius 3 is 2.54 bits per heavy atom. The third-order valence-corrected chi connectivity index (χ3v) is 8.97. The van der Waals surface area contributed by atoms with Gasteiger partial charge in [-0.05, 0) is 36.2 Å². The van der Waals surface area contributed by atoms with Crippen molar-refractivity contribution in [3.05, 3.63) is 70.2 Å². The Labute approximate surface area is 167 Å². The van der Waals surface area contributed by atoms with Gasteiger partial charge in [-0.25, -0.2) is 29.9 Å². The van der Waals surface area contributed by atoms with Crippen molar-refractivity contribution in [1.29, 1.82) is 0 Å². The van der Waals surface area contributed by atoms with E-state index in [0.717, 1.165) is 22.5 Å². The van der Waals surface area contributed by atoms with Crippen molar-refractivity contribution in [1.82, 2.24) is 4.31 Å². The van der Waals surface area contributed by atoms with Gasteiger partial charge in [-0.1, -0.05) is 29.8 Å². The molecule has 1 aliphatic rings. The first-order chi connectivity index (χ1) is 13.1. The molecule has 28 heavy (non-hydrogen) atoms. The Morgan fingerprint density at radius 2 is 1.82 bits per heavy atom. The number of nitrogens with zero attached hydrogens (tertiary/aromatic N) is 1. The minimum absolute atomic E-state index is 0.0247. The molecule has 1 atom stereocenters. The highest BCUT2D eigenvalue weighted by Crippen LogP contribution is 2.34. The summed E-state index contributed by atoms with van der Waals surface area (Å²) in [5.74, 6) is -2.70. The Hall–Kier alpha value is -1.55. The normalized spacial score (nSPS) is 20.6. The van der Waals surface area contributed by atoms with Gasteiger partial charge in [-0.2, -0.15) is 0 Å². The van der Waals surface area contributed by atoms with Crippen LogP contribution in [0.3, 0.4) is 0 Å². The van der Waals surface area contributed by atoms with Gasteiger partial charge in [0, 0.05) is 23.7 Å². The lowest BCUT2D eigenvalue weighted by Gasteiger charge is -2.20. The highest BCUT2D eigenvalue weighted by molar-refractivity contribution is 7.92. The van der Waals surface area contributed by atoms with Crippen LogP contribution in [-0.4, -0.2) is 40.0 Å². The Morgan fingerprint density at radius 1 is 1.11 bits per heavy atom. The minimum atomic E-state index is -4.04. The van der Waals surface area contributed by atoms with Crippen LogP contribution in [0.15, 0.2) is 42.5 Å². The summed E-state index contributed by atoms with van der Waals surface area (Å²) >= 11 is 6.13. The number of benzene rings is 2. The molecular formula is C18H18ClF2NO4S2. The van der Waals surface area contributed by atoms with Crippen LogP contribution in [0.4, 0.5) is 8.78 Å². The molecule has 5 nitrogen and oxygen atoms in total. The standard InChI is InChI=1S/C18H18ClF2NO4S2/c19-16-4-2-1-3-15(16)18-7-8-22(9-10-27(18,23)24)28(25,26)12-13-11-14(20)5-6-17(13)21/h1-6,11,18H,7-10,12H2. The van der Waals surface area contributed by atoms with E-state index >= 15 is 0 Å². The Balaban J connectivity index is 1.85. The highest BCUT2D eigenvalue weighted by Gasteiger charge is 2.36. The molecule has 1 aliphatic heterocycles. The molecule has 1 fully saturated rings. The summed E-state index contributed by atoms with van der Waals surface area (Å²) in [6, 6.07) is 9.13. The number of rotatable bonds is 4. The fourth-order valence-electron chi connectivity index (χ4n) is 3.23. The molecule has 2 aromatic rings. The average Bonchev–Trinajstić information content (AvgIpc) is 2.77. The monoisotopic (exact) mass is 449 g/mol. The second-order valence-electron chi connectivity index (χ2n) is 6.56. The van der Waals surface area contributed by atoms with E-state index in [1.807, 2.05) is 0 Å². The third kappa shape index (κ3) is 4.53. The van der Waals surface area contributed by atoms with Gasteiger partial charge in [0.1, 0.15) is 11.6 Å². The number of hydrogen-bond acceptors (Lipinski definition) is 4. The highest BCUT2D eigenvalue weighted by atomic mass is 35.5. The summed E-state index contributed by atoms with van der Waals surface area (Å²) in [5, 5.41) is -0.624. The van der Waals surface area contributed by atoms with Gasteiger partial charge in [0.2, 0.25) is 10.0 Å². The van der Waals surface area contributed by atoms with E-state index in [1.165, 1.54) is 0 Å². The third-order valence-electron chi connectivity index (χ3n) is 4.69. The van der Waals surface area contributed by atoms with E-state index in [2.05, 4.69) is 0 Å². The van der Waals surface area contributed by atoms with Gasteiger partial charge >= 0.3 is 0 Å². The number of hydrogen-bond donors (Lipinski definition) is 0. The Kier molecular flexibility index (Phi) is 6.09. The van der Waals surface area contributed by atoms with Crippen molar-refractivity contribution in [3.63, 3.8) is 0 Å². The van der Waals surface area contributed by atoms with Gasteiger partial charge in [0.25, 0.3) is 0 Å². The first-order valence-corrected chi connectivity index (χ1v) is 12.2. The molecule has 0 radical (unpaired) electrons. The minimum Gasteiger partial charge on any atom is -0.228 e. The maximum atomic E-state index is 13.8. The van der Waals surface area contributed by atoms with E-state index < -0.39 is 42.5 Å². The fraction of sp³-hybridized carbons (Fsp3) is 0.333. The predicted molar refractivity (Wildman–Crippen MR) is 103 cm³/mol. The summed E-state index contributed by atoms with van der Waals surface area (Å²) in [4.78, 5) is 0. The molecule has 0 saturated carbocycles. The van der Waals surface area contributed by atoms with Gasteiger partial charge in [0.05, 0.1) is 16.8 Å². The molecule has 1 saturated heterocycles. The summed E-state index contributed by atoms with van der Waals surface area (Å²) in [6.45, 7) is -0.309. The summed E-state index contributed by atoms with van der Waals surface area (Å²) < 4.78 is 79.0. The van der Waals surface area contributed by atoms with Crippen molar-refractivity contribution < 1.29 is 25.6 Å². The maximum Gasteiger partial charge on any atom is 0.218 e. The zero-order valence-corrected chi connectivity index (χ0v) is 17.1. The lowest BCUT2D eigenvalue weighted by atomic mass is 10.1. The van der Waals surface area contributed by atoms with Crippen LogP contribution < -0.4 is 0 Å². The van der Waals surface area contributed by atoms with Gasteiger partial charge < -0.3 is 0 Å². The van der Waals surface area contributed by atoms with E-state index in [4.69, 9.17) is 11.6 Å². The molecule has 152 valence electrons. The van der Waals surface area contributed by atoms with Crippen molar-refractivity contribution in [3.8, 4) is 0 Å². The first kappa shape index (κ1) is 21.2. The van der Waals surface area contributed by atoms with Crippen LogP contribution in [0, 0.1) is 11.6 Å². The van der Waals surface area contributed by atoms with Gasteiger partial charge in [0.15, 0.2) is 9.84 Å². The van der Waals surface area contributed by atoms with Gasteiger partial charge in [-0.3, -0.25) is 0 Å². The second kappa shape index (κ2) is 8.06. The first-order valence-electron chi connectivity index (χ1n) is 8.48. The van der Waals surface area contributed by atoms with Crippen LogP contribution in [0.2, 0.25) is 5.02 Å². The molecule has 2 aromatic carbocycles. The molecule has 1 unspecified atom stereocenters. The predicted octanol–water partition coefficient (Wildman–Crippen LogP) is 3.31. The zero-order chi connectivity index (χ0) is 20.5. The molecule has 0 N–H and O–H groups in total. The summed E-state index contributed by atoms with van der Waals surface area (Å²) in [7, 11) is -7.68. The molecule has 1 heterocycles. The van der Waals surface area contributed by atoms with E-state index in [-0.39, 0.29) is 30.8 Å². The number of sulfonamides is 1. The molecule has 0 aromatic heterocycles. The quantitative estimate of drug-likeness (QED) is 0.718. The molecule has 0 amide bonds. The van der Waals surface area contributed by atoms with Crippen LogP contribution in [0.1, 0.15) is 22.8 Å². The summed E-state index contributed by atoms with van der Waals surface area (Å²) in [6.07, 6.45) is 0.0247. The van der Waals surface area contributed by atoms with Crippen LogP contribution in [-0.2, 0) is 25.6 Å². The van der Waals surface area contributed by atoms with Crippen molar-refractivity contribution in [2.75, 3.05) is 18.8 Å². The topological polar surface area (TPSA) is 71.5 Å². The van der Waals surface area contributed by atoms with E-state index in [0.29, 0.717) is 10.6 Å². The molecule has 0 aliphatic carbocycles. The molecule has 0 bridgehead atoms. The second-order valence-corrected chi connectivity index (χ2v) is 11.2. The maximum absolute atomic E-state index is 13.8. The molecule has 10 heteroatoms. The van der Waals surface area contributed by atoms with Crippen molar-refractivity contribution in [2.45, 2.75) is 17.4 Å². The zero-order valence-electron chi connectivity index (χ0n) is 14.7. The summed E-state index contributed by atoms with van der Waals surface area (Å²) in [5.41, 5.74) is 0.134. The number of sulfone groups is 1. The Bertz CT molecular complexity index is 1090. The van der Waals surface area contributed by atoms with E-state index in [9.17, 15) is 25.6 Å². The smallest absolute Gasteiger partial charge is 0.218 e.